The van der Waals surface area contributed by atoms with Crippen molar-refractivity contribution in [3.05, 3.63) is 76.1 Å². The number of carbonyl (C=O) groups is 4. The number of aromatic nitrogens is 2. The van der Waals surface area contributed by atoms with E-state index in [0.717, 1.165) is 36.7 Å². The number of halogens is 4. The standard InChI is InChI=1S/C31H33F4N5O7/c1-47-29(44)37-23(7-2-3-9-25(41)38-12-4-5-13-38)27(42)36-24-8-6-14-39(28(24)43)18-22-17-20-16-21(32)15-19(10-11-31(33,34)35)26(20)40(22)30(45)46/h3,6,8-9,14-17,23H,2,4-5,7,10-13,18H2,1H3,(H,36,42)(H,37,44)(H,45,46)/b9-3+. The minimum Gasteiger partial charge on any atom is -0.464 e. The Labute approximate surface area is 265 Å². The average molecular weight is 664 g/mol. The van der Waals surface area contributed by atoms with Crippen molar-refractivity contribution >= 4 is 40.6 Å². The molecule has 252 valence electrons. The van der Waals surface area contributed by atoms with E-state index in [-0.39, 0.29) is 46.6 Å². The van der Waals surface area contributed by atoms with Gasteiger partial charge >= 0.3 is 18.4 Å². The molecule has 1 fully saturated rings. The van der Waals surface area contributed by atoms with Gasteiger partial charge < -0.3 is 29.9 Å². The zero-order valence-corrected chi connectivity index (χ0v) is 25.3. The first-order chi connectivity index (χ1) is 22.3. The second-order valence-corrected chi connectivity index (χ2v) is 10.9. The number of carbonyl (C=O) groups excluding carboxylic acids is 3. The molecule has 4 rings (SSSR count). The number of carboxylic acid groups (broad SMARTS) is 1. The first kappa shape index (κ1) is 34.7. The molecule has 1 unspecified atom stereocenters. The molecule has 12 nitrogen and oxygen atoms in total. The van der Waals surface area contributed by atoms with Crippen molar-refractivity contribution in [2.75, 3.05) is 25.5 Å². The van der Waals surface area contributed by atoms with Gasteiger partial charge in [-0.05, 0) is 74.1 Å². The van der Waals surface area contributed by atoms with Crippen LogP contribution < -0.4 is 16.2 Å². The lowest BCUT2D eigenvalue weighted by atomic mass is 10.1. The number of nitrogens with one attached hydrogen (secondary N) is 2. The number of hydrogen-bond donors (Lipinski definition) is 3. The lowest BCUT2D eigenvalue weighted by Crippen LogP contribution is -2.44. The highest BCUT2D eigenvalue weighted by Crippen LogP contribution is 2.29. The van der Waals surface area contributed by atoms with Gasteiger partial charge in [0.15, 0.2) is 0 Å². The van der Waals surface area contributed by atoms with Crippen molar-refractivity contribution in [3.8, 4) is 0 Å². The zero-order chi connectivity index (χ0) is 34.3. The first-order valence-electron chi connectivity index (χ1n) is 14.7. The summed E-state index contributed by atoms with van der Waals surface area (Å²) in [4.78, 5) is 64.6. The van der Waals surface area contributed by atoms with E-state index < -0.39 is 61.1 Å². The highest BCUT2D eigenvalue weighted by Gasteiger charge is 2.28. The van der Waals surface area contributed by atoms with Crippen LogP contribution in [-0.4, -0.2) is 75.6 Å². The van der Waals surface area contributed by atoms with Crippen LogP contribution in [0.4, 0.5) is 32.8 Å². The van der Waals surface area contributed by atoms with Gasteiger partial charge in [0.25, 0.3) is 5.56 Å². The summed E-state index contributed by atoms with van der Waals surface area (Å²) in [6.07, 6.45) is -2.55. The molecular weight excluding hydrogens is 630 g/mol. The Morgan fingerprint density at radius 2 is 1.85 bits per heavy atom. The van der Waals surface area contributed by atoms with Crippen molar-refractivity contribution in [1.82, 2.24) is 19.4 Å². The molecule has 3 amide bonds. The first-order valence-corrected chi connectivity index (χ1v) is 14.7. The van der Waals surface area contributed by atoms with Gasteiger partial charge in [0.05, 0.1) is 24.9 Å². The highest BCUT2D eigenvalue weighted by molar-refractivity contribution is 5.96. The van der Waals surface area contributed by atoms with Crippen molar-refractivity contribution in [1.29, 1.82) is 0 Å². The van der Waals surface area contributed by atoms with Crippen molar-refractivity contribution < 1.29 is 46.6 Å². The van der Waals surface area contributed by atoms with Gasteiger partial charge in [-0.3, -0.25) is 14.4 Å². The summed E-state index contributed by atoms with van der Waals surface area (Å²) < 4.78 is 59.4. The van der Waals surface area contributed by atoms with Crippen LogP contribution in [0.3, 0.4) is 0 Å². The number of hydrogen-bond acceptors (Lipinski definition) is 6. The van der Waals surface area contributed by atoms with Gasteiger partial charge in [-0.1, -0.05) is 6.08 Å². The number of methoxy groups -OCH3 is 1. The maximum Gasteiger partial charge on any atom is 0.416 e. The van der Waals surface area contributed by atoms with E-state index in [1.165, 1.54) is 30.5 Å². The van der Waals surface area contributed by atoms with E-state index in [0.29, 0.717) is 17.7 Å². The molecule has 1 atom stereocenters. The lowest BCUT2D eigenvalue weighted by Gasteiger charge is -2.17. The summed E-state index contributed by atoms with van der Waals surface area (Å²) >= 11 is 0. The SMILES string of the molecule is COC(=O)NC(CC/C=C/C(=O)N1CCCC1)C(=O)Nc1cccn(Cc2cc3cc(F)cc(CCC(F)(F)F)c3n2C(=O)O)c1=O. The fourth-order valence-corrected chi connectivity index (χ4v) is 5.36. The third-order valence-electron chi connectivity index (χ3n) is 7.59. The third-order valence-corrected chi connectivity index (χ3v) is 7.59. The van der Waals surface area contributed by atoms with E-state index >= 15 is 0 Å². The maximum atomic E-state index is 14.3. The molecule has 1 saturated heterocycles. The Morgan fingerprint density at radius 1 is 1.13 bits per heavy atom. The third kappa shape index (κ3) is 8.98. The number of amides is 3. The number of likely N-dealkylation sites (tertiary alicyclic amines) is 1. The maximum absolute atomic E-state index is 14.3. The van der Waals surface area contributed by atoms with Gasteiger partial charge in [-0.25, -0.2) is 18.5 Å². The molecule has 1 aromatic carbocycles. The molecule has 1 aliphatic rings. The minimum absolute atomic E-state index is 0.0324. The van der Waals surface area contributed by atoms with Gasteiger partial charge in [0.1, 0.15) is 17.5 Å². The number of ether oxygens (including phenoxy) is 1. The van der Waals surface area contributed by atoms with E-state index in [2.05, 4.69) is 15.4 Å². The number of nitrogens with zero attached hydrogens (tertiary/aromatic N) is 3. The summed E-state index contributed by atoms with van der Waals surface area (Å²) in [5.74, 6) is -1.78. The summed E-state index contributed by atoms with van der Waals surface area (Å²) in [6, 6.07) is 4.62. The molecule has 3 aromatic rings. The van der Waals surface area contributed by atoms with Crippen LogP contribution in [0.15, 0.2) is 53.5 Å². The molecule has 1 aliphatic heterocycles. The number of allylic oxidation sites excluding steroid dienone is 1. The number of anilines is 1. The largest absolute Gasteiger partial charge is 0.464 e. The Kier molecular flexibility index (Phi) is 11.1. The topological polar surface area (TPSA) is 152 Å². The highest BCUT2D eigenvalue weighted by atomic mass is 19.4. The normalized spacial score (nSPS) is 14.0. The summed E-state index contributed by atoms with van der Waals surface area (Å²) in [6.45, 7) is 0.948. The van der Waals surface area contributed by atoms with Crippen LogP contribution in [0, 0.1) is 5.82 Å². The number of benzene rings is 1. The van der Waals surface area contributed by atoms with Crippen LogP contribution in [0.2, 0.25) is 0 Å². The summed E-state index contributed by atoms with van der Waals surface area (Å²) in [5, 5.41) is 14.8. The number of aryl methyl sites for hydroxylation is 1. The molecule has 0 aliphatic carbocycles. The molecule has 0 saturated carbocycles. The fraction of sp³-hybridized carbons (Fsp3) is 0.387. The number of pyridine rings is 1. The van der Waals surface area contributed by atoms with Gasteiger partial charge in [-0.15, -0.1) is 0 Å². The molecule has 47 heavy (non-hydrogen) atoms. The second kappa shape index (κ2) is 15.0. The van der Waals surface area contributed by atoms with E-state index in [9.17, 15) is 46.6 Å². The predicted molar refractivity (Wildman–Crippen MR) is 162 cm³/mol. The summed E-state index contributed by atoms with van der Waals surface area (Å²) in [7, 11) is 1.11. The Hall–Kier alpha value is -5.15. The predicted octanol–water partition coefficient (Wildman–Crippen LogP) is 4.63. The Balaban J connectivity index is 1.55. The fourth-order valence-electron chi connectivity index (χ4n) is 5.36. The molecule has 3 N–H and O–H groups in total. The van der Waals surface area contributed by atoms with E-state index in [1.54, 1.807) is 11.0 Å². The van der Waals surface area contributed by atoms with Crippen molar-refractivity contribution in [3.63, 3.8) is 0 Å². The van der Waals surface area contributed by atoms with Gasteiger partial charge in [0, 0.05) is 31.1 Å². The number of alkyl halides is 3. The van der Waals surface area contributed by atoms with Crippen molar-refractivity contribution in [2.45, 2.75) is 57.3 Å². The minimum atomic E-state index is -4.56. The Morgan fingerprint density at radius 3 is 2.51 bits per heavy atom. The monoisotopic (exact) mass is 663 g/mol. The number of rotatable bonds is 11. The smallest absolute Gasteiger partial charge is 0.416 e. The average Bonchev–Trinajstić information content (AvgIpc) is 3.67. The second-order valence-electron chi connectivity index (χ2n) is 10.9. The summed E-state index contributed by atoms with van der Waals surface area (Å²) in [5.41, 5.74) is -1.33. The molecule has 0 spiro atoms. The Bertz CT molecular complexity index is 1740. The van der Waals surface area contributed by atoms with Crippen LogP contribution in [0.5, 0.6) is 0 Å². The molecular formula is C31H33F4N5O7. The van der Waals surface area contributed by atoms with Crippen LogP contribution in [-0.2, 0) is 27.3 Å². The number of alkyl carbamates (subject to hydrolysis) is 1. The molecule has 16 heteroatoms. The van der Waals surface area contributed by atoms with Gasteiger partial charge in [-0.2, -0.15) is 13.2 Å². The molecule has 0 bridgehead atoms. The molecule has 0 radical (unpaired) electrons. The van der Waals surface area contributed by atoms with Crippen LogP contribution in [0.1, 0.15) is 43.4 Å². The van der Waals surface area contributed by atoms with E-state index in [4.69, 9.17) is 0 Å². The quantitative estimate of drug-likeness (QED) is 0.200. The molecule has 2 aromatic heterocycles. The van der Waals surface area contributed by atoms with E-state index in [1.807, 2.05) is 0 Å². The van der Waals surface area contributed by atoms with Crippen LogP contribution in [0.25, 0.3) is 10.9 Å². The number of fused-ring (bicyclic) bond motifs is 1. The zero-order valence-electron chi connectivity index (χ0n) is 25.3. The van der Waals surface area contributed by atoms with Gasteiger partial charge in [0.2, 0.25) is 11.8 Å². The lowest BCUT2D eigenvalue weighted by molar-refractivity contribution is -0.134. The van der Waals surface area contributed by atoms with Crippen molar-refractivity contribution in [2.24, 2.45) is 0 Å². The van der Waals surface area contributed by atoms with Crippen LogP contribution >= 0.6 is 0 Å². The molecule has 3 heterocycles.